The van der Waals surface area contributed by atoms with Gasteiger partial charge in [-0.3, -0.25) is 4.79 Å². The minimum Gasteiger partial charge on any atom is -0.490 e. The zero-order valence-electron chi connectivity index (χ0n) is 16.5. The Morgan fingerprint density at radius 2 is 1.70 bits per heavy atom. The average molecular weight is 370 g/mol. The molecule has 0 aliphatic rings. The minimum absolute atomic E-state index is 0.0586. The first-order valence-electron chi connectivity index (χ1n) is 9.55. The summed E-state index contributed by atoms with van der Waals surface area (Å²) in [5.41, 5.74) is 2.21. The molecule has 0 spiro atoms. The maximum atomic E-state index is 12.1. The van der Waals surface area contributed by atoms with E-state index in [0.717, 1.165) is 29.3 Å². The van der Waals surface area contributed by atoms with Crippen LogP contribution in [0.25, 0.3) is 0 Å². The van der Waals surface area contributed by atoms with Crippen LogP contribution in [0.15, 0.2) is 48.5 Å². The number of amides is 1. The zero-order valence-corrected chi connectivity index (χ0v) is 16.5. The van der Waals surface area contributed by atoms with Crippen LogP contribution in [0, 0.1) is 0 Å². The highest BCUT2D eigenvalue weighted by Crippen LogP contribution is 2.28. The van der Waals surface area contributed by atoms with Crippen molar-refractivity contribution in [1.82, 2.24) is 5.32 Å². The predicted molar refractivity (Wildman–Crippen MR) is 110 cm³/mol. The standard InChI is InChI=1S/C22H30N2O3/c1-4-26-20-13-11-18(17-21(20)27-5-2)12-14-22(25)23-15-16-24(3)19-9-7-6-8-10-19/h6-11,13,17H,4-5,12,14-16H2,1-3H3,(H,23,25). The van der Waals surface area contributed by atoms with Crippen molar-refractivity contribution in [3.63, 3.8) is 0 Å². The van der Waals surface area contributed by atoms with Crippen molar-refractivity contribution < 1.29 is 14.3 Å². The summed E-state index contributed by atoms with van der Waals surface area (Å²) in [6.45, 7) is 6.47. The maximum Gasteiger partial charge on any atom is 0.220 e. The third-order valence-electron chi connectivity index (χ3n) is 4.21. The maximum absolute atomic E-state index is 12.1. The van der Waals surface area contributed by atoms with Crippen molar-refractivity contribution in [3.8, 4) is 11.5 Å². The number of benzene rings is 2. The number of aryl methyl sites for hydroxylation is 1. The molecule has 146 valence electrons. The molecule has 1 amide bonds. The predicted octanol–water partition coefficient (Wildman–Crippen LogP) is 3.67. The van der Waals surface area contributed by atoms with Crippen LogP contribution in [0.1, 0.15) is 25.8 Å². The molecule has 1 N–H and O–H groups in total. The lowest BCUT2D eigenvalue weighted by Crippen LogP contribution is -2.33. The van der Waals surface area contributed by atoms with Crippen LogP contribution in [0.2, 0.25) is 0 Å². The summed E-state index contributed by atoms with van der Waals surface area (Å²) in [6.07, 6.45) is 1.13. The van der Waals surface area contributed by atoms with Gasteiger partial charge in [-0.25, -0.2) is 0 Å². The zero-order chi connectivity index (χ0) is 19.5. The van der Waals surface area contributed by atoms with Crippen LogP contribution in [0.4, 0.5) is 5.69 Å². The second kappa shape index (κ2) is 11.1. The number of nitrogens with zero attached hydrogens (tertiary/aromatic N) is 1. The molecule has 0 fully saturated rings. The van der Waals surface area contributed by atoms with E-state index in [9.17, 15) is 4.79 Å². The van der Waals surface area contributed by atoms with E-state index in [1.165, 1.54) is 0 Å². The Labute approximate surface area is 162 Å². The van der Waals surface area contributed by atoms with Gasteiger partial charge >= 0.3 is 0 Å². The lowest BCUT2D eigenvalue weighted by molar-refractivity contribution is -0.120. The Morgan fingerprint density at radius 1 is 1.00 bits per heavy atom. The molecule has 5 heteroatoms. The molecule has 0 saturated heterocycles. The first kappa shape index (κ1) is 20.6. The van der Waals surface area contributed by atoms with Crippen LogP contribution in [-0.4, -0.2) is 39.3 Å². The Morgan fingerprint density at radius 3 is 2.41 bits per heavy atom. The number of para-hydroxylation sites is 1. The van der Waals surface area contributed by atoms with Gasteiger partial charge < -0.3 is 19.7 Å². The third-order valence-corrected chi connectivity index (χ3v) is 4.21. The van der Waals surface area contributed by atoms with E-state index in [4.69, 9.17) is 9.47 Å². The largest absolute Gasteiger partial charge is 0.490 e. The quantitative estimate of drug-likeness (QED) is 0.656. The van der Waals surface area contributed by atoms with Gasteiger partial charge in [0.05, 0.1) is 13.2 Å². The molecule has 0 atom stereocenters. The van der Waals surface area contributed by atoms with Gasteiger partial charge in [-0.2, -0.15) is 0 Å². The first-order chi connectivity index (χ1) is 13.1. The molecule has 0 saturated carbocycles. The Hall–Kier alpha value is -2.69. The van der Waals surface area contributed by atoms with E-state index in [1.54, 1.807) is 0 Å². The number of ether oxygens (including phenoxy) is 2. The Kier molecular flexibility index (Phi) is 8.49. The fourth-order valence-electron chi connectivity index (χ4n) is 2.77. The molecule has 27 heavy (non-hydrogen) atoms. The number of rotatable bonds is 11. The molecular weight excluding hydrogens is 340 g/mol. The molecule has 5 nitrogen and oxygen atoms in total. The molecule has 0 aromatic heterocycles. The van der Waals surface area contributed by atoms with Gasteiger partial charge in [0.25, 0.3) is 0 Å². The third kappa shape index (κ3) is 6.85. The van der Waals surface area contributed by atoms with Crippen molar-refractivity contribution in [1.29, 1.82) is 0 Å². The molecule has 0 aliphatic heterocycles. The molecular formula is C22H30N2O3. The summed E-state index contributed by atoms with van der Waals surface area (Å²) < 4.78 is 11.2. The number of carbonyl (C=O) groups excluding carboxylic acids is 1. The Balaban J connectivity index is 1.77. The van der Waals surface area contributed by atoms with E-state index >= 15 is 0 Å². The minimum atomic E-state index is 0.0586. The number of likely N-dealkylation sites (N-methyl/N-ethyl adjacent to an activating group) is 1. The number of nitrogens with one attached hydrogen (secondary N) is 1. The number of hydrogen-bond acceptors (Lipinski definition) is 4. The SMILES string of the molecule is CCOc1ccc(CCC(=O)NCCN(C)c2ccccc2)cc1OCC. The fraction of sp³-hybridized carbons (Fsp3) is 0.409. The normalized spacial score (nSPS) is 10.3. The van der Waals surface area contributed by atoms with Gasteiger partial charge in [0.1, 0.15) is 0 Å². The summed E-state index contributed by atoms with van der Waals surface area (Å²) in [7, 11) is 2.02. The number of hydrogen-bond donors (Lipinski definition) is 1. The van der Waals surface area contributed by atoms with Gasteiger partial charge in [-0.05, 0) is 50.1 Å². The van der Waals surface area contributed by atoms with Crippen molar-refractivity contribution >= 4 is 11.6 Å². The summed E-state index contributed by atoms with van der Waals surface area (Å²) in [5, 5.41) is 2.99. The molecule has 0 unspecified atom stereocenters. The summed E-state index contributed by atoms with van der Waals surface area (Å²) in [5.74, 6) is 1.54. The molecule has 0 aliphatic carbocycles. The Bertz CT molecular complexity index is 704. The molecule has 0 radical (unpaired) electrons. The number of carbonyl (C=O) groups is 1. The highest BCUT2D eigenvalue weighted by Gasteiger charge is 2.08. The van der Waals surface area contributed by atoms with Crippen LogP contribution in [-0.2, 0) is 11.2 Å². The second-order valence-electron chi connectivity index (χ2n) is 6.25. The van der Waals surface area contributed by atoms with E-state index < -0.39 is 0 Å². The topological polar surface area (TPSA) is 50.8 Å². The molecule has 0 bridgehead atoms. The van der Waals surface area contributed by atoms with Crippen molar-refractivity contribution in [2.75, 3.05) is 38.3 Å². The highest BCUT2D eigenvalue weighted by molar-refractivity contribution is 5.76. The van der Waals surface area contributed by atoms with E-state index in [-0.39, 0.29) is 5.91 Å². The smallest absolute Gasteiger partial charge is 0.220 e. The van der Waals surface area contributed by atoms with Crippen LogP contribution in [0.5, 0.6) is 11.5 Å². The molecule has 2 aromatic carbocycles. The van der Waals surface area contributed by atoms with Gasteiger partial charge in [0.15, 0.2) is 11.5 Å². The van der Waals surface area contributed by atoms with Gasteiger partial charge in [-0.15, -0.1) is 0 Å². The average Bonchev–Trinajstić information content (AvgIpc) is 2.69. The van der Waals surface area contributed by atoms with Crippen LogP contribution >= 0.6 is 0 Å². The summed E-state index contributed by atoms with van der Waals surface area (Å²) in [4.78, 5) is 14.3. The molecule has 0 heterocycles. The van der Waals surface area contributed by atoms with E-state index in [2.05, 4.69) is 22.3 Å². The second-order valence-corrected chi connectivity index (χ2v) is 6.25. The van der Waals surface area contributed by atoms with Crippen LogP contribution in [0.3, 0.4) is 0 Å². The lowest BCUT2D eigenvalue weighted by Gasteiger charge is -2.19. The summed E-state index contributed by atoms with van der Waals surface area (Å²) in [6, 6.07) is 16.0. The van der Waals surface area contributed by atoms with Crippen molar-refractivity contribution in [2.24, 2.45) is 0 Å². The fourth-order valence-corrected chi connectivity index (χ4v) is 2.77. The number of anilines is 1. The molecule has 2 rings (SSSR count). The lowest BCUT2D eigenvalue weighted by atomic mass is 10.1. The van der Waals surface area contributed by atoms with Crippen molar-refractivity contribution in [2.45, 2.75) is 26.7 Å². The summed E-state index contributed by atoms with van der Waals surface area (Å²) >= 11 is 0. The monoisotopic (exact) mass is 370 g/mol. The van der Waals surface area contributed by atoms with Crippen molar-refractivity contribution in [3.05, 3.63) is 54.1 Å². The highest BCUT2D eigenvalue weighted by atomic mass is 16.5. The van der Waals surface area contributed by atoms with Gasteiger partial charge in [0, 0.05) is 32.2 Å². The van der Waals surface area contributed by atoms with Gasteiger partial charge in [-0.1, -0.05) is 24.3 Å². The van der Waals surface area contributed by atoms with E-state index in [1.807, 2.05) is 57.3 Å². The molecule has 2 aromatic rings. The van der Waals surface area contributed by atoms with E-state index in [0.29, 0.717) is 32.6 Å². The first-order valence-corrected chi connectivity index (χ1v) is 9.55. The van der Waals surface area contributed by atoms with Gasteiger partial charge in [0.2, 0.25) is 5.91 Å². The van der Waals surface area contributed by atoms with Crippen LogP contribution < -0.4 is 19.7 Å².